The number of carbonyl (C=O) groups is 3. The molecule has 1 fully saturated rings. The van der Waals surface area contributed by atoms with Gasteiger partial charge < -0.3 is 26.8 Å². The highest BCUT2D eigenvalue weighted by Crippen LogP contribution is 2.23. The zero-order chi connectivity index (χ0) is 26.0. The Hall–Kier alpha value is -3.26. The number of fused-ring (bicyclic) bond motifs is 1. The molecule has 0 saturated carbocycles. The lowest BCUT2D eigenvalue weighted by Gasteiger charge is -2.24. The summed E-state index contributed by atoms with van der Waals surface area (Å²) in [7, 11) is 0. The topological polar surface area (TPSA) is 170 Å². The minimum absolute atomic E-state index is 0.0915. The zero-order valence-corrected chi connectivity index (χ0v) is 19.5. The molecule has 2 aromatic rings. The van der Waals surface area contributed by atoms with Crippen molar-refractivity contribution in [1.82, 2.24) is 20.9 Å². The molecule has 1 aromatic heterocycles. The number of nitrogens with two attached hydrogens (primary N) is 1. The minimum atomic E-state index is -5.08. The standard InChI is InChI=1S/C19H26N6O2S.C2HF3O2/c20-19(21)23-10-4-7-14(24-17(27)12-5-3-9-22-11-12)16(26)18-25-13-6-1-2-8-15(13)28-18;3-2(4,5)1(6)7/h1-2,6,8,12,14,22H,3-5,7,9-11H2,(H,24,27)(H4,20,21,23);(H,6,7)/t12-,14+;/m0./s1. The Kier molecular flexibility index (Phi) is 10.4. The molecule has 0 spiro atoms. The number of piperidine rings is 1. The highest BCUT2D eigenvalue weighted by molar-refractivity contribution is 7.20. The molecule has 0 radical (unpaired) electrons. The van der Waals surface area contributed by atoms with Crippen molar-refractivity contribution in [3.05, 3.63) is 29.3 Å². The van der Waals surface area contributed by atoms with Gasteiger partial charge >= 0.3 is 12.1 Å². The summed E-state index contributed by atoms with van der Waals surface area (Å²) >= 11 is 1.35. The number of amides is 1. The van der Waals surface area contributed by atoms with Crippen LogP contribution in [0.15, 0.2) is 24.3 Å². The fourth-order valence-electron chi connectivity index (χ4n) is 3.29. The largest absolute Gasteiger partial charge is 0.490 e. The number of para-hydroxylation sites is 1. The number of benzene rings is 1. The number of carboxylic acid groups (broad SMARTS) is 1. The monoisotopic (exact) mass is 516 g/mol. The molecular formula is C21H27F3N6O4S. The molecule has 1 amide bonds. The molecule has 2 heterocycles. The Bertz CT molecular complexity index is 1010. The lowest BCUT2D eigenvalue weighted by molar-refractivity contribution is -0.192. The minimum Gasteiger partial charge on any atom is -0.475 e. The van der Waals surface area contributed by atoms with Gasteiger partial charge in [0.25, 0.3) is 0 Å². The first-order valence-corrected chi connectivity index (χ1v) is 11.6. The Morgan fingerprint density at radius 1 is 1.31 bits per heavy atom. The van der Waals surface area contributed by atoms with Crippen molar-refractivity contribution in [2.75, 3.05) is 19.6 Å². The number of Topliss-reactive ketones (excluding diaryl/α,β-unsaturated/α-hetero) is 1. The highest BCUT2D eigenvalue weighted by Gasteiger charge is 2.38. The third-order valence-corrected chi connectivity index (χ3v) is 6.08. The summed E-state index contributed by atoms with van der Waals surface area (Å²) in [6.45, 7) is 2.04. The maximum absolute atomic E-state index is 13.1. The molecule has 0 bridgehead atoms. The maximum atomic E-state index is 13.1. The van der Waals surface area contributed by atoms with Crippen molar-refractivity contribution >= 4 is 45.2 Å². The molecule has 35 heavy (non-hydrogen) atoms. The van der Waals surface area contributed by atoms with Crippen molar-refractivity contribution in [2.45, 2.75) is 37.9 Å². The first-order chi connectivity index (χ1) is 16.5. The number of carboxylic acids is 1. The number of hydrogen-bond acceptors (Lipinski definition) is 7. The van der Waals surface area contributed by atoms with Crippen LogP contribution in [0.5, 0.6) is 0 Å². The van der Waals surface area contributed by atoms with Gasteiger partial charge in [0.15, 0.2) is 11.0 Å². The van der Waals surface area contributed by atoms with Crippen LogP contribution >= 0.6 is 11.3 Å². The van der Waals surface area contributed by atoms with Crippen molar-refractivity contribution in [3.8, 4) is 0 Å². The molecule has 3 rings (SSSR count). The van der Waals surface area contributed by atoms with Gasteiger partial charge in [-0.15, -0.1) is 11.3 Å². The average molecular weight is 517 g/mol. The van der Waals surface area contributed by atoms with E-state index in [9.17, 15) is 22.8 Å². The summed E-state index contributed by atoms with van der Waals surface area (Å²) in [5, 5.41) is 23.7. The van der Waals surface area contributed by atoms with Crippen molar-refractivity contribution in [1.29, 1.82) is 5.41 Å². The van der Waals surface area contributed by atoms with E-state index >= 15 is 0 Å². The number of nitrogens with zero attached hydrogens (tertiary/aromatic N) is 1. The second kappa shape index (κ2) is 13.0. The maximum Gasteiger partial charge on any atom is 0.490 e. The molecule has 0 aliphatic carbocycles. The van der Waals surface area contributed by atoms with Crippen LogP contribution in [0.4, 0.5) is 13.2 Å². The normalized spacial score (nSPS) is 16.5. The van der Waals surface area contributed by atoms with E-state index in [4.69, 9.17) is 21.0 Å². The van der Waals surface area contributed by atoms with Crippen LogP contribution in [-0.2, 0) is 9.59 Å². The van der Waals surface area contributed by atoms with Gasteiger partial charge in [-0.1, -0.05) is 12.1 Å². The molecule has 1 aliphatic heterocycles. The van der Waals surface area contributed by atoms with Crippen LogP contribution in [0.25, 0.3) is 10.2 Å². The third-order valence-electron chi connectivity index (χ3n) is 5.03. The van der Waals surface area contributed by atoms with Gasteiger partial charge in [0.2, 0.25) is 11.7 Å². The number of aliphatic carboxylic acids is 1. The summed E-state index contributed by atoms with van der Waals surface area (Å²) in [6, 6.07) is 6.97. The average Bonchev–Trinajstić information content (AvgIpc) is 3.25. The number of halogens is 3. The first kappa shape index (κ1) is 28.0. The molecule has 0 unspecified atom stereocenters. The van der Waals surface area contributed by atoms with Crippen LogP contribution in [0.2, 0.25) is 0 Å². The summed E-state index contributed by atoms with van der Waals surface area (Å²) in [4.78, 5) is 39.1. The molecule has 2 atom stereocenters. The SMILES string of the molecule is N=C(N)NCCC[C@@H](NC(=O)[C@H]1CCCNC1)C(=O)c1nc2ccccc2s1.O=C(O)C(F)(F)F. The van der Waals surface area contributed by atoms with E-state index in [0.717, 1.165) is 29.6 Å². The van der Waals surface area contributed by atoms with Gasteiger partial charge in [0, 0.05) is 13.1 Å². The predicted octanol–water partition coefficient (Wildman–Crippen LogP) is 1.86. The van der Waals surface area contributed by atoms with E-state index in [1.807, 2.05) is 24.3 Å². The molecule has 192 valence electrons. The molecule has 1 aromatic carbocycles. The highest BCUT2D eigenvalue weighted by atomic mass is 32.1. The van der Waals surface area contributed by atoms with Crippen LogP contribution < -0.4 is 21.7 Å². The zero-order valence-electron chi connectivity index (χ0n) is 18.7. The third kappa shape index (κ3) is 9.13. The Morgan fingerprint density at radius 2 is 2.00 bits per heavy atom. The van der Waals surface area contributed by atoms with Crippen molar-refractivity contribution in [3.63, 3.8) is 0 Å². The van der Waals surface area contributed by atoms with E-state index in [1.54, 1.807) is 0 Å². The Morgan fingerprint density at radius 3 is 2.57 bits per heavy atom. The number of carbonyl (C=O) groups excluding carboxylic acids is 2. The first-order valence-electron chi connectivity index (χ1n) is 10.8. The second-order valence-corrected chi connectivity index (χ2v) is 8.77. The molecule has 10 nitrogen and oxygen atoms in total. The van der Waals surface area contributed by atoms with E-state index in [0.29, 0.717) is 30.9 Å². The number of alkyl halides is 3. The fourth-order valence-corrected chi connectivity index (χ4v) is 4.25. The van der Waals surface area contributed by atoms with Crippen LogP contribution in [-0.4, -0.2) is 65.6 Å². The van der Waals surface area contributed by atoms with Gasteiger partial charge in [-0.2, -0.15) is 13.2 Å². The van der Waals surface area contributed by atoms with Crippen molar-refractivity contribution < 1.29 is 32.7 Å². The Balaban J connectivity index is 0.000000540. The number of hydrogen-bond donors (Lipinski definition) is 6. The number of guanidine groups is 1. The lowest BCUT2D eigenvalue weighted by Crippen LogP contribution is -2.47. The number of aromatic nitrogens is 1. The summed E-state index contributed by atoms with van der Waals surface area (Å²) in [6.07, 6.45) is -2.24. The smallest absolute Gasteiger partial charge is 0.475 e. The second-order valence-electron chi connectivity index (χ2n) is 7.74. The van der Waals surface area contributed by atoms with Gasteiger partial charge in [-0.3, -0.25) is 15.0 Å². The molecule has 1 aliphatic rings. The van der Waals surface area contributed by atoms with Crippen LogP contribution in [0.1, 0.15) is 35.5 Å². The summed E-state index contributed by atoms with van der Waals surface area (Å²) in [5.41, 5.74) is 6.09. The predicted molar refractivity (Wildman–Crippen MR) is 124 cm³/mol. The van der Waals surface area contributed by atoms with Crippen LogP contribution in [0, 0.1) is 11.3 Å². The summed E-state index contributed by atoms with van der Waals surface area (Å²) in [5.74, 6) is -3.24. The van der Waals surface area contributed by atoms with E-state index < -0.39 is 18.2 Å². The fraction of sp³-hybridized carbons (Fsp3) is 0.476. The van der Waals surface area contributed by atoms with Gasteiger partial charge in [0.05, 0.1) is 22.2 Å². The molecule has 14 heteroatoms. The van der Waals surface area contributed by atoms with Crippen molar-refractivity contribution in [2.24, 2.45) is 11.7 Å². The number of ketones is 1. The Labute approximate surface area is 203 Å². The van der Waals surface area contributed by atoms with Gasteiger partial charge in [-0.25, -0.2) is 9.78 Å². The number of thiazole rings is 1. The lowest BCUT2D eigenvalue weighted by atomic mass is 9.97. The summed E-state index contributed by atoms with van der Waals surface area (Å²) < 4.78 is 32.7. The number of nitrogens with one attached hydrogen (secondary N) is 4. The van der Waals surface area contributed by atoms with E-state index in [2.05, 4.69) is 20.9 Å². The molecule has 1 saturated heterocycles. The molecule has 7 N–H and O–H groups in total. The molecular weight excluding hydrogens is 489 g/mol. The van der Waals surface area contributed by atoms with E-state index in [-0.39, 0.29) is 23.6 Å². The van der Waals surface area contributed by atoms with Crippen LogP contribution in [0.3, 0.4) is 0 Å². The van der Waals surface area contributed by atoms with Gasteiger partial charge in [-0.05, 0) is 44.4 Å². The van der Waals surface area contributed by atoms with E-state index in [1.165, 1.54) is 11.3 Å². The quantitative estimate of drug-likeness (QED) is 0.134. The van der Waals surface area contributed by atoms with Gasteiger partial charge in [0.1, 0.15) is 0 Å². The number of rotatable bonds is 8.